The molecule has 5 nitrogen and oxygen atoms in total. The Morgan fingerprint density at radius 3 is 2.64 bits per heavy atom. The third-order valence-corrected chi connectivity index (χ3v) is 6.54. The third kappa shape index (κ3) is 4.15. The second-order valence-electron chi connectivity index (χ2n) is 6.33. The average molecular weight is 412 g/mol. The largest absolute Gasteiger partial charge is 0.497 e. The lowest BCUT2D eigenvalue weighted by atomic mass is 10.1. The van der Waals surface area contributed by atoms with Crippen molar-refractivity contribution in [2.75, 3.05) is 41.9 Å². The molecule has 1 fully saturated rings. The van der Waals surface area contributed by atoms with Gasteiger partial charge in [-0.1, -0.05) is 47.7 Å². The molecule has 0 spiro atoms. The van der Waals surface area contributed by atoms with Crippen molar-refractivity contribution >= 4 is 39.8 Å². The first-order valence-electron chi connectivity index (χ1n) is 9.09. The maximum atomic E-state index is 13.1. The molecule has 0 atom stereocenters. The van der Waals surface area contributed by atoms with Gasteiger partial charge < -0.3 is 15.0 Å². The van der Waals surface area contributed by atoms with E-state index < -0.39 is 0 Å². The van der Waals surface area contributed by atoms with Crippen LogP contribution in [-0.2, 0) is 0 Å². The summed E-state index contributed by atoms with van der Waals surface area (Å²) in [6.07, 6.45) is 0. The highest BCUT2D eigenvalue weighted by molar-refractivity contribution is 7.99. The van der Waals surface area contributed by atoms with E-state index in [-0.39, 0.29) is 5.91 Å². The summed E-state index contributed by atoms with van der Waals surface area (Å²) in [4.78, 5) is 20.9. The Bertz CT molecular complexity index is 953. The lowest BCUT2D eigenvalue weighted by Crippen LogP contribution is -2.32. The fraction of sp³-hybridized carbons (Fsp3) is 0.238. The van der Waals surface area contributed by atoms with Gasteiger partial charge in [0.05, 0.1) is 12.8 Å². The van der Waals surface area contributed by atoms with Crippen LogP contribution < -0.4 is 15.0 Å². The maximum absolute atomic E-state index is 13.1. The van der Waals surface area contributed by atoms with E-state index in [9.17, 15) is 4.79 Å². The molecule has 144 valence electrons. The molecule has 0 radical (unpaired) electrons. The van der Waals surface area contributed by atoms with Gasteiger partial charge in [-0.2, -0.15) is 11.8 Å². The Labute approximate surface area is 172 Å². The summed E-state index contributed by atoms with van der Waals surface area (Å²) in [6, 6.07) is 17.3. The van der Waals surface area contributed by atoms with Gasteiger partial charge in [0.1, 0.15) is 10.6 Å². The summed E-state index contributed by atoms with van der Waals surface area (Å²) in [5, 5.41) is 3.90. The van der Waals surface area contributed by atoms with Crippen molar-refractivity contribution < 1.29 is 9.53 Å². The Kier molecular flexibility index (Phi) is 5.83. The van der Waals surface area contributed by atoms with Crippen LogP contribution in [0.25, 0.3) is 11.3 Å². The van der Waals surface area contributed by atoms with Crippen LogP contribution >= 0.6 is 23.1 Å². The van der Waals surface area contributed by atoms with E-state index in [0.717, 1.165) is 41.0 Å². The number of carbonyl (C=O) groups is 1. The first-order chi connectivity index (χ1) is 13.7. The van der Waals surface area contributed by atoms with E-state index >= 15 is 0 Å². The molecule has 0 bridgehead atoms. The van der Waals surface area contributed by atoms with E-state index in [4.69, 9.17) is 9.72 Å². The van der Waals surface area contributed by atoms with Gasteiger partial charge in [-0.25, -0.2) is 4.98 Å². The smallest absolute Gasteiger partial charge is 0.268 e. The molecule has 1 aliphatic rings. The molecular formula is C21H21N3O2S2. The number of amides is 1. The van der Waals surface area contributed by atoms with Crippen LogP contribution in [0, 0.1) is 0 Å². The van der Waals surface area contributed by atoms with Crippen LogP contribution in [0.5, 0.6) is 5.75 Å². The lowest BCUT2D eigenvalue weighted by Gasteiger charge is -2.25. The minimum atomic E-state index is -0.151. The van der Waals surface area contributed by atoms with Gasteiger partial charge in [-0.05, 0) is 12.1 Å². The van der Waals surface area contributed by atoms with Crippen molar-refractivity contribution in [2.24, 2.45) is 0 Å². The van der Waals surface area contributed by atoms with Crippen molar-refractivity contribution in [3.63, 3.8) is 0 Å². The third-order valence-electron chi connectivity index (χ3n) is 4.48. The number of nitrogens with zero attached hydrogens (tertiary/aromatic N) is 2. The number of carbonyl (C=O) groups excluding carboxylic acids is 1. The van der Waals surface area contributed by atoms with Crippen molar-refractivity contribution in [1.29, 1.82) is 0 Å². The monoisotopic (exact) mass is 411 g/mol. The highest BCUT2D eigenvalue weighted by atomic mass is 32.2. The first kappa shape index (κ1) is 18.8. The van der Waals surface area contributed by atoms with Crippen LogP contribution in [0.1, 0.15) is 9.67 Å². The molecule has 2 heterocycles. The predicted molar refractivity (Wildman–Crippen MR) is 118 cm³/mol. The second-order valence-corrected chi connectivity index (χ2v) is 8.53. The topological polar surface area (TPSA) is 54.5 Å². The molecule has 1 saturated heterocycles. The Morgan fingerprint density at radius 2 is 1.89 bits per heavy atom. The zero-order valence-electron chi connectivity index (χ0n) is 15.6. The summed E-state index contributed by atoms with van der Waals surface area (Å²) in [6.45, 7) is 1.92. The zero-order valence-corrected chi connectivity index (χ0v) is 17.2. The minimum absolute atomic E-state index is 0.151. The molecule has 1 amide bonds. The zero-order chi connectivity index (χ0) is 19.3. The van der Waals surface area contributed by atoms with Gasteiger partial charge in [0.25, 0.3) is 5.91 Å². The fourth-order valence-corrected chi connectivity index (χ4v) is 4.97. The number of aromatic nitrogens is 1. The second kappa shape index (κ2) is 8.67. The minimum Gasteiger partial charge on any atom is -0.497 e. The molecule has 0 aliphatic carbocycles. The SMILES string of the molecule is COc1cccc(NC(=O)c2sc(N3CCSCC3)nc2-c2ccccc2)c1. The number of rotatable bonds is 5. The number of hydrogen-bond acceptors (Lipinski definition) is 6. The van der Waals surface area contributed by atoms with E-state index in [2.05, 4.69) is 10.2 Å². The average Bonchev–Trinajstić information content (AvgIpc) is 3.21. The van der Waals surface area contributed by atoms with E-state index in [0.29, 0.717) is 16.3 Å². The van der Waals surface area contributed by atoms with E-state index in [1.165, 1.54) is 11.3 Å². The molecule has 3 aromatic rings. The van der Waals surface area contributed by atoms with Gasteiger partial charge in [-0.3, -0.25) is 4.79 Å². The van der Waals surface area contributed by atoms with Gasteiger partial charge >= 0.3 is 0 Å². The molecule has 28 heavy (non-hydrogen) atoms. The molecule has 0 unspecified atom stereocenters. The number of thioether (sulfide) groups is 1. The molecule has 7 heteroatoms. The summed E-state index contributed by atoms with van der Waals surface area (Å²) in [5.74, 6) is 2.73. The summed E-state index contributed by atoms with van der Waals surface area (Å²) in [7, 11) is 1.61. The Hall–Kier alpha value is -2.51. The molecule has 0 saturated carbocycles. The maximum Gasteiger partial charge on any atom is 0.268 e. The summed E-state index contributed by atoms with van der Waals surface area (Å²) < 4.78 is 5.25. The number of nitrogens with one attached hydrogen (secondary N) is 1. The standard InChI is InChI=1S/C21H21N3O2S2/c1-26-17-9-5-8-16(14-17)22-20(25)19-18(15-6-3-2-4-7-15)23-21(28-19)24-10-12-27-13-11-24/h2-9,14H,10-13H2,1H3,(H,22,25). The van der Waals surface area contributed by atoms with Gasteiger partial charge in [0.2, 0.25) is 0 Å². The van der Waals surface area contributed by atoms with Gasteiger partial charge in [0, 0.05) is 41.9 Å². The molecular weight excluding hydrogens is 390 g/mol. The van der Waals surface area contributed by atoms with Crippen LogP contribution in [0.4, 0.5) is 10.8 Å². The highest BCUT2D eigenvalue weighted by Crippen LogP contribution is 2.34. The summed E-state index contributed by atoms with van der Waals surface area (Å²) in [5.41, 5.74) is 2.39. The van der Waals surface area contributed by atoms with Crippen molar-refractivity contribution in [3.05, 3.63) is 59.5 Å². The number of methoxy groups -OCH3 is 1. The summed E-state index contributed by atoms with van der Waals surface area (Å²) >= 11 is 3.42. The number of benzene rings is 2. The number of hydrogen-bond donors (Lipinski definition) is 1. The number of thiazole rings is 1. The lowest BCUT2D eigenvalue weighted by molar-refractivity contribution is 0.103. The van der Waals surface area contributed by atoms with Crippen LogP contribution in [0.2, 0.25) is 0 Å². The molecule has 1 aliphatic heterocycles. The van der Waals surface area contributed by atoms with Crippen LogP contribution in [0.3, 0.4) is 0 Å². The van der Waals surface area contributed by atoms with Gasteiger partial charge in [0.15, 0.2) is 5.13 Å². The Morgan fingerprint density at radius 1 is 1.11 bits per heavy atom. The van der Waals surface area contributed by atoms with Crippen LogP contribution in [0.15, 0.2) is 54.6 Å². The molecule has 2 aromatic carbocycles. The first-order valence-corrected chi connectivity index (χ1v) is 11.1. The number of anilines is 2. The quantitative estimate of drug-likeness (QED) is 0.664. The van der Waals surface area contributed by atoms with Crippen molar-refractivity contribution in [1.82, 2.24) is 4.98 Å². The van der Waals surface area contributed by atoms with E-state index in [1.54, 1.807) is 7.11 Å². The highest BCUT2D eigenvalue weighted by Gasteiger charge is 2.23. The molecule has 1 N–H and O–H groups in total. The van der Waals surface area contributed by atoms with Crippen LogP contribution in [-0.4, -0.2) is 42.6 Å². The van der Waals surface area contributed by atoms with Gasteiger partial charge in [-0.15, -0.1) is 0 Å². The Balaban J connectivity index is 1.67. The normalized spacial score (nSPS) is 14.0. The van der Waals surface area contributed by atoms with Crippen molar-refractivity contribution in [3.8, 4) is 17.0 Å². The van der Waals surface area contributed by atoms with Crippen molar-refractivity contribution in [2.45, 2.75) is 0 Å². The van der Waals surface area contributed by atoms with E-state index in [1.807, 2.05) is 66.4 Å². The molecule has 1 aromatic heterocycles. The predicted octanol–water partition coefficient (Wildman–Crippen LogP) is 4.62. The number of ether oxygens (including phenoxy) is 1. The fourth-order valence-electron chi connectivity index (χ4n) is 3.03. The molecule has 4 rings (SSSR count).